The third-order valence-electron chi connectivity index (χ3n) is 5.29. The van der Waals surface area contributed by atoms with Crippen LogP contribution in [0.3, 0.4) is 0 Å². The van der Waals surface area contributed by atoms with Gasteiger partial charge in [-0.15, -0.1) is 11.3 Å². The van der Waals surface area contributed by atoms with Gasteiger partial charge in [0.25, 0.3) is 0 Å². The summed E-state index contributed by atoms with van der Waals surface area (Å²) in [6.45, 7) is 2.67. The molecule has 2 heterocycles. The van der Waals surface area contributed by atoms with Crippen LogP contribution in [0.5, 0.6) is 0 Å². The largest absolute Gasteiger partial charge is 0.478 e. The van der Waals surface area contributed by atoms with E-state index in [-0.39, 0.29) is 5.91 Å². The quantitative estimate of drug-likeness (QED) is 0.194. The Balaban J connectivity index is 1.66. The molecule has 3 N–H and O–H groups in total. The molecule has 2 aromatic carbocycles. The minimum Gasteiger partial charge on any atom is -0.478 e. The first-order valence-electron chi connectivity index (χ1n) is 11.4. The van der Waals surface area contributed by atoms with Gasteiger partial charge in [-0.3, -0.25) is 4.79 Å². The van der Waals surface area contributed by atoms with Gasteiger partial charge in [0.05, 0.1) is 20.1 Å². The Morgan fingerprint density at radius 1 is 0.972 bits per heavy atom. The number of nitrogens with one attached hydrogen (secondary N) is 2. The fraction of sp³-hybridized carbons (Fsp3) is 0.107. The van der Waals surface area contributed by atoms with Gasteiger partial charge in [-0.1, -0.05) is 55.5 Å². The lowest BCUT2D eigenvalue weighted by Crippen LogP contribution is -2.21. The second-order valence-electron chi connectivity index (χ2n) is 7.95. The zero-order valence-electron chi connectivity index (χ0n) is 19.5. The molecule has 182 valence electrons. The number of carboxylic acid groups (broad SMARTS) is 1. The molecule has 36 heavy (non-hydrogen) atoms. The molecule has 0 bridgehead atoms. The van der Waals surface area contributed by atoms with Crippen LogP contribution >= 0.6 is 27.3 Å². The zero-order chi connectivity index (χ0) is 25.5. The number of rotatable bonds is 9. The Labute approximate surface area is 221 Å². The van der Waals surface area contributed by atoms with Gasteiger partial charge < -0.3 is 15.4 Å². The van der Waals surface area contributed by atoms with Crippen molar-refractivity contribution in [1.82, 2.24) is 15.3 Å². The van der Waals surface area contributed by atoms with Crippen LogP contribution in [-0.4, -0.2) is 33.5 Å². The van der Waals surface area contributed by atoms with Gasteiger partial charge in [-0.05, 0) is 57.8 Å². The summed E-state index contributed by atoms with van der Waals surface area (Å²) in [6, 6.07) is 19.5. The Hall–Kier alpha value is -3.75. The Morgan fingerprint density at radius 3 is 2.19 bits per heavy atom. The highest BCUT2D eigenvalue weighted by atomic mass is 79.9. The first-order valence-corrected chi connectivity index (χ1v) is 13.0. The molecule has 0 spiro atoms. The maximum atomic E-state index is 11.9. The van der Waals surface area contributed by atoms with Gasteiger partial charge >= 0.3 is 5.97 Å². The van der Waals surface area contributed by atoms with Crippen LogP contribution in [0.2, 0.25) is 0 Å². The van der Waals surface area contributed by atoms with E-state index in [9.17, 15) is 9.59 Å². The molecule has 8 heteroatoms. The van der Waals surface area contributed by atoms with Gasteiger partial charge in [0.15, 0.2) is 0 Å². The van der Waals surface area contributed by atoms with E-state index in [1.807, 2.05) is 67.6 Å². The average Bonchev–Trinajstić information content (AvgIpc) is 3.52. The number of carboxylic acids is 1. The van der Waals surface area contributed by atoms with Crippen molar-refractivity contribution in [3.63, 3.8) is 0 Å². The van der Waals surface area contributed by atoms with Gasteiger partial charge in [-0.25, -0.2) is 9.78 Å². The van der Waals surface area contributed by atoms with Gasteiger partial charge in [0.1, 0.15) is 5.82 Å². The molecule has 0 atom stereocenters. The lowest BCUT2D eigenvalue weighted by molar-refractivity contribution is -0.131. The number of benzene rings is 2. The molecular weight excluding hydrogens is 538 g/mol. The van der Waals surface area contributed by atoms with Crippen molar-refractivity contribution < 1.29 is 14.7 Å². The third kappa shape index (κ3) is 6.47. The first kappa shape index (κ1) is 25.3. The lowest BCUT2D eigenvalue weighted by Gasteiger charge is -2.05. The normalized spacial score (nSPS) is 11.4. The number of aromatic nitrogens is 2. The monoisotopic (exact) mass is 561 g/mol. The van der Waals surface area contributed by atoms with E-state index in [4.69, 9.17) is 10.1 Å². The van der Waals surface area contributed by atoms with E-state index in [1.165, 1.54) is 6.08 Å². The predicted molar refractivity (Wildman–Crippen MR) is 149 cm³/mol. The molecular formula is C28H24BrN3O3S. The molecule has 4 aromatic rings. The van der Waals surface area contributed by atoms with Gasteiger partial charge in [-0.2, -0.15) is 0 Å². The van der Waals surface area contributed by atoms with Crippen LogP contribution in [0.4, 0.5) is 0 Å². The van der Waals surface area contributed by atoms with Crippen molar-refractivity contribution in [1.29, 1.82) is 0 Å². The van der Waals surface area contributed by atoms with Crippen LogP contribution in [0.1, 0.15) is 24.5 Å². The highest BCUT2D eigenvalue weighted by Crippen LogP contribution is 2.36. The molecule has 0 fully saturated rings. The molecule has 0 aliphatic rings. The third-order valence-corrected chi connectivity index (χ3v) is 6.92. The molecule has 0 unspecified atom stereocenters. The van der Waals surface area contributed by atoms with Crippen molar-refractivity contribution >= 4 is 51.3 Å². The summed E-state index contributed by atoms with van der Waals surface area (Å²) >= 11 is 5.11. The van der Waals surface area contributed by atoms with Crippen molar-refractivity contribution in [2.45, 2.75) is 13.3 Å². The minimum absolute atomic E-state index is 0.107. The number of imidazole rings is 1. The number of carbonyl (C=O) groups excluding carboxylic acids is 1. The Bertz CT molecular complexity index is 1420. The summed E-state index contributed by atoms with van der Waals surface area (Å²) in [5, 5.41) is 11.7. The molecule has 2 aromatic heterocycles. The zero-order valence-corrected chi connectivity index (χ0v) is 21.9. The van der Waals surface area contributed by atoms with E-state index < -0.39 is 5.97 Å². The van der Waals surface area contributed by atoms with Crippen molar-refractivity contribution in [3.05, 3.63) is 87.7 Å². The number of hydrogen-bond donors (Lipinski definition) is 3. The Kier molecular flexibility index (Phi) is 8.30. The second-order valence-corrected chi connectivity index (χ2v) is 10.4. The molecule has 0 saturated carbocycles. The SMILES string of the molecule is CCCNC(=O)C=Cc1ccc(-c2nc(-c3ccc(Br)s3)[nH]c2-c2ccc(C=CC(=O)O)cc2)cc1. The maximum absolute atomic E-state index is 11.9. The maximum Gasteiger partial charge on any atom is 0.328 e. The highest BCUT2D eigenvalue weighted by Gasteiger charge is 2.16. The summed E-state index contributed by atoms with van der Waals surface area (Å²) in [7, 11) is 0. The summed E-state index contributed by atoms with van der Waals surface area (Å²) in [5.74, 6) is -0.326. The number of thiophene rings is 1. The molecule has 0 saturated heterocycles. The van der Waals surface area contributed by atoms with Gasteiger partial charge in [0, 0.05) is 29.8 Å². The molecule has 0 aliphatic carbocycles. The average molecular weight is 562 g/mol. The number of H-pyrrole nitrogens is 1. The molecule has 1 amide bonds. The van der Waals surface area contributed by atoms with Crippen molar-refractivity contribution in [3.8, 4) is 33.2 Å². The predicted octanol–water partition coefficient (Wildman–Crippen LogP) is 6.87. The molecule has 4 rings (SSSR count). The highest BCUT2D eigenvalue weighted by molar-refractivity contribution is 9.11. The summed E-state index contributed by atoms with van der Waals surface area (Å²) in [5.41, 5.74) is 5.25. The van der Waals surface area contributed by atoms with E-state index >= 15 is 0 Å². The number of nitrogens with zero attached hydrogens (tertiary/aromatic N) is 1. The van der Waals surface area contributed by atoms with Crippen LogP contribution < -0.4 is 5.32 Å². The molecule has 6 nitrogen and oxygen atoms in total. The van der Waals surface area contributed by atoms with Crippen molar-refractivity contribution in [2.75, 3.05) is 6.54 Å². The standard InChI is InChI=1S/C28H24BrN3O3S/c1-2-17-30-24(33)15-7-18-3-9-20(10-4-18)26-27(32-28(31-26)22-13-14-23(29)36-22)21-11-5-19(6-12-21)8-16-25(34)35/h3-16H,2,17H2,1H3,(H,30,33)(H,31,32)(H,34,35). The van der Waals surface area contributed by atoms with Crippen LogP contribution in [0, 0.1) is 0 Å². The minimum atomic E-state index is -0.985. The van der Waals surface area contributed by atoms with Crippen LogP contribution in [0.25, 0.3) is 45.4 Å². The van der Waals surface area contributed by atoms with E-state index in [0.717, 1.165) is 60.6 Å². The van der Waals surface area contributed by atoms with Gasteiger partial charge in [0.2, 0.25) is 5.91 Å². The smallest absolute Gasteiger partial charge is 0.328 e. The molecule has 0 radical (unpaired) electrons. The number of hydrogen-bond acceptors (Lipinski definition) is 4. The summed E-state index contributed by atoms with van der Waals surface area (Å²) in [6.07, 6.45) is 6.90. The fourth-order valence-corrected chi connectivity index (χ4v) is 4.84. The Morgan fingerprint density at radius 2 is 1.61 bits per heavy atom. The van der Waals surface area contributed by atoms with Crippen LogP contribution in [-0.2, 0) is 9.59 Å². The topological polar surface area (TPSA) is 95.1 Å². The van der Waals surface area contributed by atoms with E-state index in [0.29, 0.717) is 6.54 Å². The number of halogens is 1. The second kappa shape index (κ2) is 11.8. The number of carbonyl (C=O) groups is 2. The fourth-order valence-electron chi connectivity index (χ4n) is 3.51. The van der Waals surface area contributed by atoms with E-state index in [1.54, 1.807) is 23.5 Å². The van der Waals surface area contributed by atoms with Crippen molar-refractivity contribution in [2.24, 2.45) is 0 Å². The number of amides is 1. The number of aromatic amines is 1. The lowest BCUT2D eigenvalue weighted by atomic mass is 10.0. The van der Waals surface area contributed by atoms with Crippen LogP contribution in [0.15, 0.2) is 76.6 Å². The summed E-state index contributed by atoms with van der Waals surface area (Å²) in [4.78, 5) is 32.1. The summed E-state index contributed by atoms with van der Waals surface area (Å²) < 4.78 is 1.02. The number of aliphatic carboxylic acids is 1. The molecule has 0 aliphatic heterocycles. The van der Waals surface area contributed by atoms with E-state index in [2.05, 4.69) is 26.2 Å². The first-order chi connectivity index (χ1) is 17.4.